The number of carbonyl (C=O) groups excluding carboxylic acids is 1. The standard InChI is InChI=1S/C21H27FN4.C9H11NO.C2H6/c1-15(13-26-10-4-5-17(22)14-26)11-20-16(2)24-9-8-19(20)21-7-6-18(23-3)12-25-21;1-10(2)9(11)8-6-4-3-5-7-8;1-2/h6-9,11-12,17,23H,4-5,10,13-14H2,1-3H3;3-7H,1-2H3;1-2H3/b15-11+;;. The van der Waals surface area contributed by atoms with Crippen molar-refractivity contribution in [3.63, 3.8) is 0 Å². The number of nitrogens with one attached hydrogen (secondary N) is 1. The van der Waals surface area contributed by atoms with E-state index in [1.807, 2.05) is 88.7 Å². The van der Waals surface area contributed by atoms with Crippen LogP contribution in [0.25, 0.3) is 17.3 Å². The van der Waals surface area contributed by atoms with E-state index in [1.165, 1.54) is 5.57 Å². The van der Waals surface area contributed by atoms with Crippen LogP contribution in [-0.2, 0) is 0 Å². The summed E-state index contributed by atoms with van der Waals surface area (Å²) in [5.74, 6) is 0.0469. The minimum atomic E-state index is -0.692. The monoisotopic (exact) mass is 533 g/mol. The fourth-order valence-electron chi connectivity index (χ4n) is 4.31. The zero-order valence-electron chi connectivity index (χ0n) is 24.5. The quantitative estimate of drug-likeness (QED) is 0.380. The molecule has 1 saturated heterocycles. The third kappa shape index (κ3) is 9.91. The lowest BCUT2D eigenvalue weighted by atomic mass is 10.0. The first kappa shape index (κ1) is 31.6. The molecule has 1 atom stereocenters. The van der Waals surface area contributed by atoms with Crippen LogP contribution < -0.4 is 5.32 Å². The summed E-state index contributed by atoms with van der Waals surface area (Å²) in [6.45, 7) is 10.4. The fourth-order valence-corrected chi connectivity index (χ4v) is 4.31. The molecule has 0 aliphatic carbocycles. The summed E-state index contributed by atoms with van der Waals surface area (Å²) in [4.78, 5) is 24.1. The number of nitrogens with zero attached hydrogens (tertiary/aromatic N) is 4. The number of hydrogen-bond acceptors (Lipinski definition) is 5. The van der Waals surface area contributed by atoms with Crippen LogP contribution in [0.1, 0.15) is 55.2 Å². The molecule has 6 nitrogen and oxygen atoms in total. The molecule has 1 fully saturated rings. The van der Waals surface area contributed by atoms with Crippen molar-refractivity contribution in [2.75, 3.05) is 46.1 Å². The highest BCUT2D eigenvalue weighted by Crippen LogP contribution is 2.27. The first-order valence-electron chi connectivity index (χ1n) is 13.7. The molecule has 1 amide bonds. The van der Waals surface area contributed by atoms with Crippen molar-refractivity contribution in [1.82, 2.24) is 19.8 Å². The lowest BCUT2D eigenvalue weighted by molar-refractivity contribution is 0.0827. The van der Waals surface area contributed by atoms with Crippen LogP contribution in [0.15, 0.2) is 66.5 Å². The van der Waals surface area contributed by atoms with Crippen molar-refractivity contribution in [3.8, 4) is 11.3 Å². The Bertz CT molecular complexity index is 1180. The van der Waals surface area contributed by atoms with E-state index in [-0.39, 0.29) is 5.91 Å². The summed E-state index contributed by atoms with van der Waals surface area (Å²) < 4.78 is 13.6. The summed E-state index contributed by atoms with van der Waals surface area (Å²) in [7, 11) is 5.37. The van der Waals surface area contributed by atoms with E-state index in [4.69, 9.17) is 0 Å². The van der Waals surface area contributed by atoms with E-state index in [0.29, 0.717) is 13.0 Å². The van der Waals surface area contributed by atoms with Gasteiger partial charge in [0.05, 0.1) is 17.6 Å². The highest BCUT2D eigenvalue weighted by atomic mass is 19.1. The van der Waals surface area contributed by atoms with Gasteiger partial charge in [-0.3, -0.25) is 19.7 Å². The lowest BCUT2D eigenvalue weighted by Gasteiger charge is -2.29. The van der Waals surface area contributed by atoms with E-state index in [2.05, 4.69) is 33.2 Å². The van der Waals surface area contributed by atoms with Gasteiger partial charge >= 0.3 is 0 Å². The van der Waals surface area contributed by atoms with Gasteiger partial charge in [0.15, 0.2) is 0 Å². The molecule has 2 aromatic heterocycles. The molecule has 3 heterocycles. The SMILES string of the molecule is CC.CN(C)C(=O)c1ccccc1.CNc1ccc(-c2ccnc(C)c2/C=C(\C)CN2CCCC(F)C2)nc1. The minimum Gasteiger partial charge on any atom is -0.387 e. The van der Waals surface area contributed by atoms with Gasteiger partial charge in [-0.25, -0.2) is 4.39 Å². The predicted molar refractivity (Wildman–Crippen MR) is 162 cm³/mol. The maximum absolute atomic E-state index is 13.6. The van der Waals surface area contributed by atoms with E-state index in [9.17, 15) is 9.18 Å². The Morgan fingerprint density at radius 2 is 1.85 bits per heavy atom. The van der Waals surface area contributed by atoms with Gasteiger partial charge < -0.3 is 10.2 Å². The number of carbonyl (C=O) groups is 1. The second-order valence-electron chi connectivity index (χ2n) is 9.57. The number of amides is 1. The molecular weight excluding hydrogens is 489 g/mol. The Hall–Kier alpha value is -3.58. The first-order chi connectivity index (χ1) is 18.8. The number of halogens is 1. The summed E-state index contributed by atoms with van der Waals surface area (Å²) in [6.07, 6.45) is 6.77. The van der Waals surface area contributed by atoms with Gasteiger partial charge in [-0.15, -0.1) is 0 Å². The number of benzene rings is 1. The Morgan fingerprint density at radius 3 is 2.44 bits per heavy atom. The van der Waals surface area contributed by atoms with Crippen molar-refractivity contribution in [3.05, 3.63) is 83.3 Å². The molecule has 0 bridgehead atoms. The number of aryl methyl sites for hydroxylation is 1. The molecule has 1 aliphatic heterocycles. The van der Waals surface area contributed by atoms with Crippen molar-refractivity contribution < 1.29 is 9.18 Å². The fraction of sp³-hybridized carbons (Fsp3) is 0.406. The smallest absolute Gasteiger partial charge is 0.253 e. The maximum Gasteiger partial charge on any atom is 0.253 e. The van der Waals surface area contributed by atoms with Gasteiger partial charge in [0.25, 0.3) is 5.91 Å². The molecule has 7 heteroatoms. The number of piperidine rings is 1. The molecule has 4 rings (SSSR count). The van der Waals surface area contributed by atoms with E-state index in [1.54, 1.807) is 19.0 Å². The molecule has 39 heavy (non-hydrogen) atoms. The molecule has 0 saturated carbocycles. The lowest BCUT2D eigenvalue weighted by Crippen LogP contribution is -2.37. The van der Waals surface area contributed by atoms with Gasteiger partial charge in [0, 0.05) is 62.8 Å². The van der Waals surface area contributed by atoms with E-state index >= 15 is 0 Å². The normalized spacial score (nSPS) is 15.3. The summed E-state index contributed by atoms with van der Waals surface area (Å²) in [5, 5.41) is 3.09. The van der Waals surface area contributed by atoms with Crippen molar-refractivity contribution in [2.45, 2.75) is 46.7 Å². The number of pyridine rings is 2. The van der Waals surface area contributed by atoms with Crippen LogP contribution in [0.3, 0.4) is 0 Å². The largest absolute Gasteiger partial charge is 0.387 e. The first-order valence-corrected chi connectivity index (χ1v) is 13.7. The average molecular weight is 534 g/mol. The van der Waals surface area contributed by atoms with Crippen LogP contribution in [0.5, 0.6) is 0 Å². The van der Waals surface area contributed by atoms with Crippen molar-refractivity contribution in [2.24, 2.45) is 0 Å². The molecule has 1 aromatic carbocycles. The second-order valence-corrected chi connectivity index (χ2v) is 9.57. The zero-order valence-corrected chi connectivity index (χ0v) is 24.5. The third-order valence-electron chi connectivity index (χ3n) is 6.26. The topological polar surface area (TPSA) is 61.4 Å². The number of anilines is 1. The van der Waals surface area contributed by atoms with Crippen LogP contribution >= 0.6 is 0 Å². The molecular formula is C32H44FN5O. The summed E-state index contributed by atoms with van der Waals surface area (Å²) in [5.41, 5.74) is 6.99. The number of aromatic nitrogens is 2. The summed E-state index contributed by atoms with van der Waals surface area (Å²) >= 11 is 0. The molecule has 1 N–H and O–H groups in total. The Labute approximate surface area is 234 Å². The number of hydrogen-bond donors (Lipinski definition) is 1. The molecule has 0 spiro atoms. The van der Waals surface area contributed by atoms with E-state index < -0.39 is 6.17 Å². The van der Waals surface area contributed by atoms with Crippen LogP contribution in [0.4, 0.5) is 10.1 Å². The third-order valence-corrected chi connectivity index (χ3v) is 6.26. The molecule has 3 aromatic rings. The Kier molecular flexibility index (Phi) is 13.3. The molecule has 1 aliphatic rings. The van der Waals surface area contributed by atoms with Crippen LogP contribution in [0, 0.1) is 6.92 Å². The molecule has 0 radical (unpaired) electrons. The maximum atomic E-state index is 13.6. The van der Waals surface area contributed by atoms with Crippen molar-refractivity contribution in [1.29, 1.82) is 0 Å². The highest BCUT2D eigenvalue weighted by Gasteiger charge is 2.19. The number of alkyl halides is 1. The summed E-state index contributed by atoms with van der Waals surface area (Å²) in [6, 6.07) is 15.3. The van der Waals surface area contributed by atoms with Crippen LogP contribution in [0.2, 0.25) is 0 Å². The predicted octanol–water partition coefficient (Wildman–Crippen LogP) is 6.75. The van der Waals surface area contributed by atoms with Gasteiger partial charge in [-0.05, 0) is 63.6 Å². The van der Waals surface area contributed by atoms with Gasteiger partial charge in [-0.2, -0.15) is 0 Å². The average Bonchev–Trinajstić information content (AvgIpc) is 2.95. The Morgan fingerprint density at radius 1 is 1.13 bits per heavy atom. The number of rotatable bonds is 6. The molecule has 1 unspecified atom stereocenters. The highest BCUT2D eigenvalue weighted by molar-refractivity contribution is 5.93. The van der Waals surface area contributed by atoms with Crippen LogP contribution in [-0.4, -0.2) is 72.6 Å². The second kappa shape index (κ2) is 16.4. The Balaban J connectivity index is 0.000000343. The zero-order chi connectivity index (χ0) is 28.8. The van der Waals surface area contributed by atoms with E-state index in [0.717, 1.165) is 53.3 Å². The van der Waals surface area contributed by atoms with Gasteiger partial charge in [-0.1, -0.05) is 43.7 Å². The van der Waals surface area contributed by atoms with Gasteiger partial charge in [0.1, 0.15) is 6.17 Å². The molecule has 210 valence electrons. The minimum absolute atomic E-state index is 0.0469. The van der Waals surface area contributed by atoms with Gasteiger partial charge in [0.2, 0.25) is 0 Å². The number of likely N-dealkylation sites (tertiary alicyclic amines) is 1. The van der Waals surface area contributed by atoms with Crippen molar-refractivity contribution >= 4 is 17.7 Å².